The van der Waals surface area contributed by atoms with Crippen LogP contribution in [0.3, 0.4) is 0 Å². The summed E-state index contributed by atoms with van der Waals surface area (Å²) in [5, 5.41) is 19.7. The Balaban J connectivity index is 2.45. The molecule has 0 saturated heterocycles. The average Bonchev–Trinajstić information content (AvgIpc) is 2.48. The van der Waals surface area contributed by atoms with Crippen molar-refractivity contribution in [1.82, 2.24) is 0 Å². The number of benzene rings is 1. The molecule has 0 amide bonds. The highest BCUT2D eigenvalue weighted by molar-refractivity contribution is 9.10. The van der Waals surface area contributed by atoms with Crippen molar-refractivity contribution < 1.29 is 29.3 Å². The highest BCUT2D eigenvalue weighted by atomic mass is 79.9. The number of rotatable bonds is 3. The lowest BCUT2D eigenvalue weighted by atomic mass is 9.91. The molecule has 0 spiro atoms. The Hall–Kier alpha value is -2.41. The van der Waals surface area contributed by atoms with Gasteiger partial charge in [-0.05, 0) is 66.4 Å². The van der Waals surface area contributed by atoms with Crippen molar-refractivity contribution >= 4 is 33.5 Å². The summed E-state index contributed by atoms with van der Waals surface area (Å²) in [6.07, 6.45) is 2.28. The van der Waals surface area contributed by atoms with Gasteiger partial charge in [0.1, 0.15) is 21.9 Å². The van der Waals surface area contributed by atoms with Crippen LogP contribution in [0.4, 0.5) is 0 Å². The van der Waals surface area contributed by atoms with Crippen LogP contribution in [0.2, 0.25) is 0 Å². The third-order valence-corrected chi connectivity index (χ3v) is 4.85. The maximum Gasteiger partial charge on any atom is 0.326 e. The summed E-state index contributed by atoms with van der Waals surface area (Å²) in [6, 6.07) is 0. The number of aliphatic hydroxyl groups is 1. The first-order chi connectivity index (χ1) is 11.6. The second-order valence-electron chi connectivity index (χ2n) is 5.89. The van der Waals surface area contributed by atoms with Gasteiger partial charge >= 0.3 is 5.97 Å². The Morgan fingerprint density at radius 2 is 1.72 bits per heavy atom. The Bertz CT molecular complexity index is 834. The number of ketones is 2. The molecular weight excluding hydrogens is 392 g/mol. The van der Waals surface area contributed by atoms with E-state index in [-0.39, 0.29) is 33.1 Å². The van der Waals surface area contributed by atoms with Crippen molar-refractivity contribution in [1.29, 1.82) is 0 Å². The number of aromatic hydroxyl groups is 1. The molecule has 2 N–H and O–H groups in total. The minimum atomic E-state index is -1.17. The molecule has 0 aromatic heterocycles. The fourth-order valence-corrected chi connectivity index (χ4v) is 3.32. The SMILES string of the molecule is CC(=O)c1c(C)c(C)c(OC(=O)C2C(=O)C=C(O)C=C2C)c(Br)c1O. The van der Waals surface area contributed by atoms with Crippen LogP contribution in [0.1, 0.15) is 35.3 Å². The number of Topliss-reactive ketones (excluding diaryl/α,β-unsaturated/α-hetero) is 1. The predicted octanol–water partition coefficient (Wildman–Crippen LogP) is 3.47. The van der Waals surface area contributed by atoms with E-state index in [2.05, 4.69) is 15.9 Å². The lowest BCUT2D eigenvalue weighted by molar-refractivity contribution is -0.141. The molecule has 1 aliphatic rings. The maximum atomic E-state index is 12.5. The lowest BCUT2D eigenvalue weighted by Gasteiger charge is -2.20. The molecule has 0 bridgehead atoms. The largest absolute Gasteiger partial charge is 0.508 e. The molecule has 0 fully saturated rings. The molecule has 0 heterocycles. The smallest absolute Gasteiger partial charge is 0.326 e. The lowest BCUT2D eigenvalue weighted by Crippen LogP contribution is -2.30. The van der Waals surface area contributed by atoms with Crippen molar-refractivity contribution in [2.24, 2.45) is 5.92 Å². The molecule has 7 heteroatoms. The third-order valence-electron chi connectivity index (χ3n) is 4.12. The van der Waals surface area contributed by atoms with Crippen molar-refractivity contribution in [2.75, 3.05) is 0 Å². The molecule has 0 saturated carbocycles. The van der Waals surface area contributed by atoms with Gasteiger partial charge in [-0.1, -0.05) is 0 Å². The second-order valence-corrected chi connectivity index (χ2v) is 6.68. The van der Waals surface area contributed by atoms with Crippen LogP contribution < -0.4 is 4.74 Å². The van der Waals surface area contributed by atoms with E-state index in [0.29, 0.717) is 16.7 Å². The quantitative estimate of drug-likeness (QED) is 0.343. The molecule has 1 aliphatic carbocycles. The Kier molecular flexibility index (Phi) is 5.17. The van der Waals surface area contributed by atoms with Gasteiger partial charge in [0.05, 0.1) is 5.56 Å². The average molecular weight is 409 g/mol. The van der Waals surface area contributed by atoms with Gasteiger partial charge in [0, 0.05) is 6.08 Å². The number of hydrogen-bond donors (Lipinski definition) is 2. The van der Waals surface area contributed by atoms with Crippen LogP contribution in [0.15, 0.2) is 28.0 Å². The van der Waals surface area contributed by atoms with Gasteiger partial charge in [-0.2, -0.15) is 0 Å². The van der Waals surface area contributed by atoms with Crippen LogP contribution in [0.5, 0.6) is 11.5 Å². The number of halogens is 1. The van der Waals surface area contributed by atoms with Crippen molar-refractivity contribution in [3.8, 4) is 11.5 Å². The van der Waals surface area contributed by atoms with Crippen LogP contribution in [-0.4, -0.2) is 27.7 Å². The molecule has 25 heavy (non-hydrogen) atoms. The van der Waals surface area contributed by atoms with E-state index in [9.17, 15) is 24.6 Å². The standard InChI is InChI=1S/C18H17BrO6/c1-7-5-11(21)6-12(22)13(7)18(24)25-17-9(3)8(2)14(10(4)20)16(23)15(17)19/h5-6,13,21,23H,1-4H3. The molecule has 1 aromatic rings. The second kappa shape index (κ2) is 6.84. The summed E-state index contributed by atoms with van der Waals surface area (Å²) in [4.78, 5) is 36.2. The van der Waals surface area contributed by atoms with Gasteiger partial charge < -0.3 is 14.9 Å². The number of allylic oxidation sites excluding steroid dienone is 2. The van der Waals surface area contributed by atoms with Crippen LogP contribution >= 0.6 is 15.9 Å². The van der Waals surface area contributed by atoms with E-state index in [1.165, 1.54) is 19.9 Å². The molecular formula is C18H17BrO6. The van der Waals surface area contributed by atoms with Crippen molar-refractivity contribution in [3.63, 3.8) is 0 Å². The van der Waals surface area contributed by atoms with Crippen molar-refractivity contribution in [3.05, 3.63) is 44.6 Å². The minimum absolute atomic E-state index is 0.0457. The summed E-state index contributed by atoms with van der Waals surface area (Å²) < 4.78 is 5.43. The van der Waals surface area contributed by atoms with E-state index in [4.69, 9.17) is 4.74 Å². The van der Waals surface area contributed by atoms with E-state index >= 15 is 0 Å². The summed E-state index contributed by atoms with van der Waals surface area (Å²) in [5.74, 6) is -3.40. The number of aliphatic hydroxyl groups excluding tert-OH is 1. The summed E-state index contributed by atoms with van der Waals surface area (Å²) in [7, 11) is 0. The zero-order valence-corrected chi connectivity index (χ0v) is 15.7. The maximum absolute atomic E-state index is 12.5. The van der Waals surface area contributed by atoms with Gasteiger partial charge in [0.2, 0.25) is 0 Å². The number of ether oxygens (including phenoxy) is 1. The number of carbonyl (C=O) groups is 3. The fraction of sp³-hybridized carbons (Fsp3) is 0.278. The minimum Gasteiger partial charge on any atom is -0.508 e. The van der Waals surface area contributed by atoms with Gasteiger partial charge in [-0.25, -0.2) is 0 Å². The Labute approximate surface area is 152 Å². The number of hydrogen-bond acceptors (Lipinski definition) is 6. The molecule has 132 valence electrons. The van der Waals surface area contributed by atoms with Gasteiger partial charge in [0.15, 0.2) is 17.3 Å². The fourth-order valence-electron chi connectivity index (χ4n) is 2.74. The van der Waals surface area contributed by atoms with E-state index in [1.54, 1.807) is 13.8 Å². The number of phenols is 1. The summed E-state index contributed by atoms with van der Waals surface area (Å²) in [6.45, 7) is 6.14. The number of esters is 1. The first-order valence-electron chi connectivity index (χ1n) is 7.43. The van der Waals surface area contributed by atoms with Crippen LogP contribution in [0.25, 0.3) is 0 Å². The molecule has 0 aliphatic heterocycles. The highest BCUT2D eigenvalue weighted by Gasteiger charge is 2.33. The van der Waals surface area contributed by atoms with E-state index < -0.39 is 17.7 Å². The zero-order valence-electron chi connectivity index (χ0n) is 14.1. The molecule has 1 aromatic carbocycles. The Morgan fingerprint density at radius 1 is 1.12 bits per heavy atom. The molecule has 6 nitrogen and oxygen atoms in total. The van der Waals surface area contributed by atoms with Gasteiger partial charge in [-0.3, -0.25) is 14.4 Å². The Morgan fingerprint density at radius 3 is 2.24 bits per heavy atom. The summed E-state index contributed by atoms with van der Waals surface area (Å²) in [5.41, 5.74) is 1.47. The monoisotopic (exact) mass is 408 g/mol. The van der Waals surface area contributed by atoms with E-state index in [1.807, 2.05) is 0 Å². The number of carbonyl (C=O) groups excluding carboxylic acids is 3. The molecule has 0 radical (unpaired) electrons. The molecule has 2 rings (SSSR count). The van der Waals surface area contributed by atoms with Crippen molar-refractivity contribution in [2.45, 2.75) is 27.7 Å². The van der Waals surface area contributed by atoms with Gasteiger partial charge in [0.25, 0.3) is 0 Å². The number of phenolic OH excluding ortho intramolecular Hbond substituents is 1. The third kappa shape index (κ3) is 3.37. The molecule has 1 atom stereocenters. The first-order valence-corrected chi connectivity index (χ1v) is 8.22. The van der Waals surface area contributed by atoms with Gasteiger partial charge in [-0.15, -0.1) is 0 Å². The van der Waals surface area contributed by atoms with E-state index in [0.717, 1.165) is 6.08 Å². The highest BCUT2D eigenvalue weighted by Crippen LogP contribution is 2.42. The zero-order chi connectivity index (χ0) is 19.0. The topological polar surface area (TPSA) is 101 Å². The predicted molar refractivity (Wildman–Crippen MR) is 93.9 cm³/mol. The first kappa shape index (κ1) is 18.9. The van der Waals surface area contributed by atoms with Crippen LogP contribution in [-0.2, 0) is 9.59 Å². The molecule has 1 unspecified atom stereocenters. The summed E-state index contributed by atoms with van der Waals surface area (Å²) >= 11 is 3.15. The normalized spacial score (nSPS) is 17.0. The van der Waals surface area contributed by atoms with Crippen LogP contribution in [0, 0.1) is 19.8 Å².